The van der Waals surface area contributed by atoms with Crippen molar-refractivity contribution in [2.45, 2.75) is 12.5 Å². The highest BCUT2D eigenvalue weighted by Gasteiger charge is 2.35. The third-order valence-corrected chi connectivity index (χ3v) is 3.15. The minimum Gasteiger partial charge on any atom is -0.242 e. The average Bonchev–Trinajstić information content (AvgIpc) is 2.83. The first kappa shape index (κ1) is 11.4. The lowest BCUT2D eigenvalue weighted by Crippen LogP contribution is -2.22. The summed E-state index contributed by atoms with van der Waals surface area (Å²) in [5.74, 6) is 0. The van der Waals surface area contributed by atoms with Crippen LogP contribution in [0.4, 0.5) is 0 Å². The second-order valence-electron chi connectivity index (χ2n) is 4.38. The summed E-state index contributed by atoms with van der Waals surface area (Å²) in [6.07, 6.45) is -0.312. The van der Waals surface area contributed by atoms with Crippen molar-refractivity contribution in [1.82, 2.24) is 4.90 Å². The minimum absolute atomic E-state index is 0.156. The predicted molar refractivity (Wildman–Crippen MR) is 68.3 cm³/mol. The Balaban J connectivity index is 1.83. The summed E-state index contributed by atoms with van der Waals surface area (Å²) in [5, 5.41) is 0. The van der Waals surface area contributed by atoms with Crippen LogP contribution in [-0.2, 0) is 9.78 Å². The number of rotatable bonds is 2. The molecular weight excluding hydrogens is 226 g/mol. The van der Waals surface area contributed by atoms with E-state index in [0.29, 0.717) is 0 Å². The van der Waals surface area contributed by atoms with Crippen LogP contribution in [-0.4, -0.2) is 11.9 Å². The van der Waals surface area contributed by atoms with Crippen LogP contribution < -0.4 is 0 Å². The van der Waals surface area contributed by atoms with Crippen molar-refractivity contribution >= 4 is 0 Å². The van der Waals surface area contributed by atoms with Gasteiger partial charge in [0.15, 0.2) is 12.5 Å². The fourth-order valence-electron chi connectivity index (χ4n) is 2.18. The molecule has 1 aliphatic heterocycles. The van der Waals surface area contributed by atoms with E-state index < -0.39 is 0 Å². The minimum atomic E-state index is -0.156. The molecule has 2 aromatic rings. The van der Waals surface area contributed by atoms with Crippen LogP contribution in [0.15, 0.2) is 60.7 Å². The molecule has 2 aromatic carbocycles. The third-order valence-electron chi connectivity index (χ3n) is 3.15. The largest absolute Gasteiger partial charge is 0.242 e. The van der Waals surface area contributed by atoms with E-state index >= 15 is 0 Å². The van der Waals surface area contributed by atoms with Gasteiger partial charge in [0.25, 0.3) is 0 Å². The molecule has 0 aliphatic carbocycles. The molecule has 1 aliphatic rings. The van der Waals surface area contributed by atoms with Gasteiger partial charge in [-0.2, -0.15) is 0 Å². The summed E-state index contributed by atoms with van der Waals surface area (Å²) in [4.78, 5) is 13.0. The molecule has 0 N–H and O–H groups in total. The fourth-order valence-corrected chi connectivity index (χ4v) is 2.18. The molecule has 0 aromatic heterocycles. The molecule has 0 radical (unpaired) electrons. The van der Waals surface area contributed by atoms with Crippen LogP contribution in [0.1, 0.15) is 23.6 Å². The standard InChI is InChI=1S/C15H15NO2/c1-16-14(12-8-4-2-5-9-12)17-18-15(16)13-10-6-3-7-11-13/h2-11,14-15H,1H3/t14-,15+. The monoisotopic (exact) mass is 241 g/mol. The summed E-state index contributed by atoms with van der Waals surface area (Å²) in [6.45, 7) is 0. The number of hydrogen-bond donors (Lipinski definition) is 0. The Bertz CT molecular complexity index is 453. The van der Waals surface area contributed by atoms with Gasteiger partial charge in [-0.05, 0) is 18.2 Å². The summed E-state index contributed by atoms with van der Waals surface area (Å²) < 4.78 is 0. The zero-order valence-electron chi connectivity index (χ0n) is 10.2. The Kier molecular flexibility index (Phi) is 3.11. The summed E-state index contributed by atoms with van der Waals surface area (Å²) in [7, 11) is 2.00. The van der Waals surface area contributed by atoms with E-state index in [1.807, 2.05) is 67.7 Å². The van der Waals surface area contributed by atoms with Gasteiger partial charge in [-0.1, -0.05) is 60.7 Å². The molecule has 3 heteroatoms. The van der Waals surface area contributed by atoms with Gasteiger partial charge in [0.05, 0.1) is 0 Å². The smallest absolute Gasteiger partial charge is 0.174 e. The maximum absolute atomic E-state index is 5.44. The van der Waals surface area contributed by atoms with Crippen LogP contribution in [0, 0.1) is 0 Å². The number of hydrogen-bond acceptors (Lipinski definition) is 3. The zero-order valence-corrected chi connectivity index (χ0v) is 10.2. The Morgan fingerprint density at radius 3 is 1.50 bits per heavy atom. The molecule has 1 fully saturated rings. The highest BCUT2D eigenvalue weighted by molar-refractivity contribution is 5.21. The second-order valence-corrected chi connectivity index (χ2v) is 4.38. The van der Waals surface area contributed by atoms with Gasteiger partial charge in [0, 0.05) is 0 Å². The molecular formula is C15H15NO2. The molecule has 0 bridgehead atoms. The topological polar surface area (TPSA) is 21.7 Å². The Labute approximate surface area is 106 Å². The molecule has 0 unspecified atom stereocenters. The molecule has 0 spiro atoms. The molecule has 2 atom stereocenters. The molecule has 3 rings (SSSR count). The van der Waals surface area contributed by atoms with Gasteiger partial charge in [0.1, 0.15) is 0 Å². The number of benzene rings is 2. The quantitative estimate of drug-likeness (QED) is 0.753. The SMILES string of the molecule is CN1[C@@H](c2ccccc2)OO[C@H]1c1ccccc1. The lowest BCUT2D eigenvalue weighted by Gasteiger charge is -2.20. The van der Waals surface area contributed by atoms with Gasteiger partial charge < -0.3 is 0 Å². The van der Waals surface area contributed by atoms with E-state index in [0.717, 1.165) is 11.1 Å². The third kappa shape index (κ3) is 2.04. The van der Waals surface area contributed by atoms with Crippen molar-refractivity contribution in [3.8, 4) is 0 Å². The molecule has 92 valence electrons. The van der Waals surface area contributed by atoms with Crippen molar-refractivity contribution in [3.05, 3.63) is 71.8 Å². The highest BCUT2D eigenvalue weighted by Crippen LogP contribution is 2.37. The Morgan fingerprint density at radius 2 is 1.11 bits per heavy atom. The van der Waals surface area contributed by atoms with Crippen LogP contribution >= 0.6 is 0 Å². The first-order valence-electron chi connectivity index (χ1n) is 6.00. The van der Waals surface area contributed by atoms with Crippen molar-refractivity contribution < 1.29 is 9.78 Å². The van der Waals surface area contributed by atoms with E-state index in [4.69, 9.17) is 9.78 Å². The van der Waals surface area contributed by atoms with Gasteiger partial charge in [-0.15, -0.1) is 0 Å². The molecule has 1 saturated heterocycles. The molecule has 1 heterocycles. The molecule has 0 saturated carbocycles. The van der Waals surface area contributed by atoms with Gasteiger partial charge in [-0.3, -0.25) is 0 Å². The van der Waals surface area contributed by atoms with E-state index in [1.165, 1.54) is 0 Å². The highest BCUT2D eigenvalue weighted by atomic mass is 17.2. The summed E-state index contributed by atoms with van der Waals surface area (Å²) >= 11 is 0. The first-order chi connectivity index (χ1) is 8.86. The van der Waals surface area contributed by atoms with Crippen molar-refractivity contribution in [1.29, 1.82) is 0 Å². The maximum atomic E-state index is 5.44. The fraction of sp³-hybridized carbons (Fsp3) is 0.200. The van der Waals surface area contributed by atoms with E-state index in [-0.39, 0.29) is 12.5 Å². The average molecular weight is 241 g/mol. The normalized spacial score (nSPS) is 24.3. The zero-order chi connectivity index (χ0) is 12.4. The summed E-state index contributed by atoms with van der Waals surface area (Å²) in [6, 6.07) is 20.2. The molecule has 0 amide bonds. The lowest BCUT2D eigenvalue weighted by atomic mass is 10.1. The van der Waals surface area contributed by atoms with Gasteiger partial charge >= 0.3 is 0 Å². The first-order valence-corrected chi connectivity index (χ1v) is 6.00. The van der Waals surface area contributed by atoms with Crippen molar-refractivity contribution in [2.24, 2.45) is 0 Å². The van der Waals surface area contributed by atoms with Crippen LogP contribution in [0.5, 0.6) is 0 Å². The van der Waals surface area contributed by atoms with Crippen molar-refractivity contribution in [2.75, 3.05) is 7.05 Å². The van der Waals surface area contributed by atoms with Crippen molar-refractivity contribution in [3.63, 3.8) is 0 Å². The van der Waals surface area contributed by atoms with E-state index in [2.05, 4.69) is 4.90 Å². The van der Waals surface area contributed by atoms with Crippen LogP contribution in [0.3, 0.4) is 0 Å². The Hall–Kier alpha value is -1.68. The predicted octanol–water partition coefficient (Wildman–Crippen LogP) is 3.28. The van der Waals surface area contributed by atoms with E-state index in [9.17, 15) is 0 Å². The Morgan fingerprint density at radius 1 is 0.722 bits per heavy atom. The van der Waals surface area contributed by atoms with Gasteiger partial charge in [0.2, 0.25) is 0 Å². The van der Waals surface area contributed by atoms with Crippen LogP contribution in [0.2, 0.25) is 0 Å². The van der Waals surface area contributed by atoms with Crippen LogP contribution in [0.25, 0.3) is 0 Å². The maximum Gasteiger partial charge on any atom is 0.174 e. The number of nitrogens with zero attached hydrogens (tertiary/aromatic N) is 1. The second kappa shape index (κ2) is 4.90. The lowest BCUT2D eigenvalue weighted by molar-refractivity contribution is -0.300. The molecule has 3 nitrogen and oxygen atoms in total. The van der Waals surface area contributed by atoms with Gasteiger partial charge in [-0.25, -0.2) is 14.7 Å². The van der Waals surface area contributed by atoms with E-state index in [1.54, 1.807) is 0 Å². The summed E-state index contributed by atoms with van der Waals surface area (Å²) in [5.41, 5.74) is 2.19. The molecule has 18 heavy (non-hydrogen) atoms.